The van der Waals surface area contributed by atoms with Gasteiger partial charge in [-0.25, -0.2) is 17.2 Å². The van der Waals surface area contributed by atoms with Crippen LogP contribution >= 0.6 is 0 Å². The average Bonchev–Trinajstić information content (AvgIpc) is 3.39. The molecular formula is C17H24F2N3O3S+. The van der Waals surface area contributed by atoms with Crippen LogP contribution in [0.15, 0.2) is 23.1 Å². The van der Waals surface area contributed by atoms with Gasteiger partial charge in [-0.3, -0.25) is 4.79 Å². The van der Waals surface area contributed by atoms with E-state index in [2.05, 4.69) is 5.32 Å². The maximum absolute atomic E-state index is 13.8. The number of nitrogens with zero attached hydrogens (tertiary/aromatic N) is 1. The topological polar surface area (TPSA) is 70.9 Å². The molecule has 1 saturated carbocycles. The molecule has 1 saturated heterocycles. The second kappa shape index (κ2) is 7.58. The lowest BCUT2D eigenvalue weighted by atomic mass is 10.2. The van der Waals surface area contributed by atoms with Crippen molar-refractivity contribution in [2.75, 3.05) is 32.7 Å². The first-order valence-electron chi connectivity index (χ1n) is 8.85. The van der Waals surface area contributed by atoms with Crippen molar-refractivity contribution >= 4 is 15.9 Å². The van der Waals surface area contributed by atoms with Gasteiger partial charge in [0.25, 0.3) is 5.91 Å². The molecule has 1 heterocycles. The Morgan fingerprint density at radius 2 is 1.96 bits per heavy atom. The second-order valence-electron chi connectivity index (χ2n) is 7.10. The van der Waals surface area contributed by atoms with Crippen LogP contribution in [0.1, 0.15) is 19.8 Å². The monoisotopic (exact) mass is 388 g/mol. The van der Waals surface area contributed by atoms with E-state index in [9.17, 15) is 22.0 Å². The molecule has 2 fully saturated rings. The number of amides is 1. The predicted molar refractivity (Wildman–Crippen MR) is 91.0 cm³/mol. The van der Waals surface area contributed by atoms with Gasteiger partial charge < -0.3 is 10.2 Å². The predicted octanol–water partition coefficient (Wildman–Crippen LogP) is -0.231. The Labute approximate surface area is 152 Å². The highest BCUT2D eigenvalue weighted by atomic mass is 32.2. The zero-order valence-corrected chi connectivity index (χ0v) is 15.5. The average molecular weight is 388 g/mol. The number of carbonyl (C=O) groups excluding carboxylic acids is 1. The molecule has 0 unspecified atom stereocenters. The van der Waals surface area contributed by atoms with E-state index in [0.29, 0.717) is 31.6 Å². The summed E-state index contributed by atoms with van der Waals surface area (Å²) in [6.07, 6.45) is 2.32. The molecule has 1 atom stereocenters. The molecule has 0 aromatic heterocycles. The van der Waals surface area contributed by atoms with Crippen molar-refractivity contribution in [3.05, 3.63) is 29.8 Å². The number of benzene rings is 1. The molecule has 1 aliphatic carbocycles. The van der Waals surface area contributed by atoms with E-state index in [1.165, 1.54) is 4.31 Å². The SMILES string of the molecule is C[C@H](NC(=O)C[NH+]1CCN(S(=O)(=O)c2ccc(F)cc2F)CC1)C1CC1. The molecular weight excluding hydrogens is 364 g/mol. The van der Waals surface area contributed by atoms with Gasteiger partial charge in [0.2, 0.25) is 10.0 Å². The molecule has 9 heteroatoms. The Balaban J connectivity index is 1.54. The Morgan fingerprint density at radius 1 is 1.31 bits per heavy atom. The van der Waals surface area contributed by atoms with Gasteiger partial charge in [0, 0.05) is 12.1 Å². The molecule has 1 amide bonds. The summed E-state index contributed by atoms with van der Waals surface area (Å²) in [5.74, 6) is -1.35. The lowest BCUT2D eigenvalue weighted by molar-refractivity contribution is -0.895. The number of piperazine rings is 1. The van der Waals surface area contributed by atoms with Crippen molar-refractivity contribution in [2.24, 2.45) is 5.92 Å². The molecule has 2 N–H and O–H groups in total. The van der Waals surface area contributed by atoms with Crippen molar-refractivity contribution in [1.29, 1.82) is 0 Å². The summed E-state index contributed by atoms with van der Waals surface area (Å²) in [5, 5.41) is 2.99. The highest BCUT2D eigenvalue weighted by Crippen LogP contribution is 2.32. The minimum absolute atomic E-state index is 0.0275. The first kappa shape index (κ1) is 19.2. The highest BCUT2D eigenvalue weighted by Gasteiger charge is 2.34. The van der Waals surface area contributed by atoms with E-state index in [-0.39, 0.29) is 25.0 Å². The van der Waals surface area contributed by atoms with Gasteiger partial charge in [-0.2, -0.15) is 4.31 Å². The molecule has 0 bridgehead atoms. The van der Waals surface area contributed by atoms with Gasteiger partial charge in [0.1, 0.15) is 16.5 Å². The molecule has 2 aliphatic rings. The quantitative estimate of drug-likeness (QED) is 0.707. The number of halogens is 2. The van der Waals surface area contributed by atoms with E-state index >= 15 is 0 Å². The second-order valence-corrected chi connectivity index (χ2v) is 9.01. The number of hydrogen-bond donors (Lipinski definition) is 2. The van der Waals surface area contributed by atoms with E-state index in [1.54, 1.807) is 0 Å². The van der Waals surface area contributed by atoms with Crippen molar-refractivity contribution < 1.29 is 26.9 Å². The largest absolute Gasteiger partial charge is 0.348 e. The van der Waals surface area contributed by atoms with E-state index < -0.39 is 26.6 Å². The fourth-order valence-corrected chi connectivity index (χ4v) is 4.78. The van der Waals surface area contributed by atoms with Gasteiger partial charge in [-0.1, -0.05) is 0 Å². The summed E-state index contributed by atoms with van der Waals surface area (Å²) >= 11 is 0. The summed E-state index contributed by atoms with van der Waals surface area (Å²) in [5.41, 5.74) is 0. The van der Waals surface area contributed by atoms with Crippen LogP contribution in [0.3, 0.4) is 0 Å². The zero-order chi connectivity index (χ0) is 18.9. The van der Waals surface area contributed by atoms with Crippen molar-refractivity contribution in [3.8, 4) is 0 Å². The van der Waals surface area contributed by atoms with Gasteiger partial charge in [0.05, 0.1) is 26.2 Å². The summed E-state index contributed by atoms with van der Waals surface area (Å²) in [7, 11) is -4.01. The maximum Gasteiger partial charge on any atom is 0.275 e. The number of hydrogen-bond acceptors (Lipinski definition) is 3. The lowest BCUT2D eigenvalue weighted by Crippen LogP contribution is -3.15. The summed E-state index contributed by atoms with van der Waals surface area (Å²) in [6.45, 7) is 3.63. The number of rotatable bonds is 6. The van der Waals surface area contributed by atoms with Crippen LogP contribution in [0.4, 0.5) is 8.78 Å². The number of nitrogens with one attached hydrogen (secondary N) is 2. The van der Waals surface area contributed by atoms with Crippen LogP contribution in [0.25, 0.3) is 0 Å². The van der Waals surface area contributed by atoms with Crippen molar-refractivity contribution in [2.45, 2.75) is 30.7 Å². The number of sulfonamides is 1. The van der Waals surface area contributed by atoms with E-state index in [0.717, 1.165) is 29.9 Å². The molecule has 1 aromatic carbocycles. The molecule has 1 aliphatic heterocycles. The minimum Gasteiger partial charge on any atom is -0.348 e. The summed E-state index contributed by atoms with van der Waals surface area (Å²) < 4.78 is 53.1. The standard InChI is InChI=1S/C17H23F2N3O3S/c1-12(13-2-3-13)20-17(23)11-21-6-8-22(9-7-21)26(24,25)16-5-4-14(18)10-15(16)19/h4-5,10,12-13H,2-3,6-9,11H2,1H3,(H,20,23)/p+1/t12-/m0/s1. The zero-order valence-electron chi connectivity index (χ0n) is 14.7. The Morgan fingerprint density at radius 3 is 2.54 bits per heavy atom. The smallest absolute Gasteiger partial charge is 0.275 e. The van der Waals surface area contributed by atoms with Crippen molar-refractivity contribution in [3.63, 3.8) is 0 Å². The Hall–Kier alpha value is -1.58. The maximum atomic E-state index is 13.8. The Bertz CT molecular complexity index is 775. The summed E-state index contributed by atoms with van der Waals surface area (Å²) in [4.78, 5) is 12.6. The molecule has 0 radical (unpaired) electrons. The summed E-state index contributed by atoms with van der Waals surface area (Å²) in [6, 6.07) is 2.64. The van der Waals surface area contributed by atoms with Crippen LogP contribution in [0.5, 0.6) is 0 Å². The lowest BCUT2D eigenvalue weighted by Gasteiger charge is -2.31. The molecule has 3 rings (SSSR count). The molecule has 26 heavy (non-hydrogen) atoms. The molecule has 0 spiro atoms. The first-order valence-corrected chi connectivity index (χ1v) is 10.3. The minimum atomic E-state index is -4.01. The third kappa shape index (κ3) is 4.39. The van der Waals surface area contributed by atoms with Crippen LogP contribution in [-0.2, 0) is 14.8 Å². The third-order valence-corrected chi connectivity index (χ3v) is 7.00. The van der Waals surface area contributed by atoms with Gasteiger partial charge in [-0.15, -0.1) is 0 Å². The highest BCUT2D eigenvalue weighted by molar-refractivity contribution is 7.89. The van der Waals surface area contributed by atoms with Crippen LogP contribution in [-0.4, -0.2) is 57.4 Å². The van der Waals surface area contributed by atoms with E-state index in [4.69, 9.17) is 0 Å². The van der Waals surface area contributed by atoms with Gasteiger partial charge in [-0.05, 0) is 37.8 Å². The Kier molecular flexibility index (Phi) is 5.59. The van der Waals surface area contributed by atoms with Crippen molar-refractivity contribution in [1.82, 2.24) is 9.62 Å². The molecule has 144 valence electrons. The number of carbonyl (C=O) groups is 1. The first-order chi connectivity index (χ1) is 12.3. The van der Waals surface area contributed by atoms with Crippen LogP contribution in [0, 0.1) is 17.6 Å². The third-order valence-electron chi connectivity index (χ3n) is 5.07. The fourth-order valence-electron chi connectivity index (χ4n) is 3.29. The molecule has 1 aromatic rings. The normalized spacial score (nSPS) is 20.7. The number of quaternary nitrogens is 1. The van der Waals surface area contributed by atoms with Gasteiger partial charge >= 0.3 is 0 Å². The van der Waals surface area contributed by atoms with Crippen LogP contribution < -0.4 is 10.2 Å². The van der Waals surface area contributed by atoms with Crippen LogP contribution in [0.2, 0.25) is 0 Å². The van der Waals surface area contributed by atoms with E-state index in [1.807, 2.05) is 6.92 Å². The van der Waals surface area contributed by atoms with Gasteiger partial charge in [0.15, 0.2) is 6.54 Å². The fraction of sp³-hybridized carbons (Fsp3) is 0.588. The molecule has 6 nitrogen and oxygen atoms in total.